The van der Waals surface area contributed by atoms with Gasteiger partial charge in [-0.25, -0.2) is 0 Å². The predicted molar refractivity (Wildman–Crippen MR) is 84.0 cm³/mol. The molecule has 0 radical (unpaired) electrons. The molecule has 1 aliphatic heterocycles. The topological polar surface area (TPSA) is 63.7 Å². The zero-order valence-electron chi connectivity index (χ0n) is 13.8. The summed E-state index contributed by atoms with van der Waals surface area (Å²) in [4.78, 5) is 38.2. The molecule has 0 aromatic carbocycles. The van der Waals surface area contributed by atoms with Gasteiger partial charge in [0.2, 0.25) is 11.8 Å². The van der Waals surface area contributed by atoms with Crippen molar-refractivity contribution in [3.63, 3.8) is 0 Å². The highest BCUT2D eigenvalue weighted by Crippen LogP contribution is 2.53. The number of rotatable bonds is 5. The maximum absolute atomic E-state index is 12.8. The zero-order chi connectivity index (χ0) is 16.7. The van der Waals surface area contributed by atoms with Gasteiger partial charge in [-0.2, -0.15) is 0 Å². The first-order chi connectivity index (χ1) is 10.9. The lowest BCUT2D eigenvalue weighted by Gasteiger charge is -2.27. The van der Waals surface area contributed by atoms with Gasteiger partial charge in [0.05, 0.1) is 17.9 Å². The third-order valence-electron chi connectivity index (χ3n) is 5.19. The molecule has 0 spiro atoms. The van der Waals surface area contributed by atoms with Crippen molar-refractivity contribution in [3.05, 3.63) is 24.3 Å². The number of esters is 1. The van der Waals surface area contributed by atoms with Gasteiger partial charge in [0, 0.05) is 13.3 Å². The Hall–Kier alpha value is -1.91. The van der Waals surface area contributed by atoms with Gasteiger partial charge in [0.1, 0.15) is 6.10 Å². The SMILES string of the molecule is C/C=C\[C@H](CC(C)OC(C)=O)N1C(=O)C2C3C=CC(C3)C2C1=O. The Morgan fingerprint density at radius 2 is 1.87 bits per heavy atom. The van der Waals surface area contributed by atoms with Gasteiger partial charge >= 0.3 is 5.97 Å². The summed E-state index contributed by atoms with van der Waals surface area (Å²) in [6.07, 6.45) is 8.89. The highest BCUT2D eigenvalue weighted by atomic mass is 16.5. The summed E-state index contributed by atoms with van der Waals surface area (Å²) in [5, 5.41) is 0. The Bertz CT molecular complexity index is 564. The minimum Gasteiger partial charge on any atom is -0.463 e. The fourth-order valence-corrected chi connectivity index (χ4v) is 4.42. The largest absolute Gasteiger partial charge is 0.463 e. The van der Waals surface area contributed by atoms with Gasteiger partial charge in [-0.05, 0) is 32.1 Å². The third kappa shape index (κ3) is 2.62. The number of fused-ring (bicyclic) bond motifs is 5. The molecule has 3 aliphatic rings. The van der Waals surface area contributed by atoms with Crippen molar-refractivity contribution in [2.24, 2.45) is 23.7 Å². The van der Waals surface area contributed by atoms with E-state index >= 15 is 0 Å². The smallest absolute Gasteiger partial charge is 0.302 e. The van der Waals surface area contributed by atoms with Gasteiger partial charge in [0.15, 0.2) is 0 Å². The maximum Gasteiger partial charge on any atom is 0.302 e. The van der Waals surface area contributed by atoms with Crippen molar-refractivity contribution in [3.8, 4) is 0 Å². The van der Waals surface area contributed by atoms with Crippen LogP contribution in [0.2, 0.25) is 0 Å². The first-order valence-corrected chi connectivity index (χ1v) is 8.29. The summed E-state index contributed by atoms with van der Waals surface area (Å²) in [7, 11) is 0. The molecule has 6 atom stereocenters. The highest BCUT2D eigenvalue weighted by molar-refractivity contribution is 6.06. The zero-order valence-corrected chi connectivity index (χ0v) is 13.8. The number of carbonyl (C=O) groups excluding carboxylic acids is 3. The average molecular weight is 317 g/mol. The number of amides is 2. The van der Waals surface area contributed by atoms with E-state index in [0.29, 0.717) is 6.42 Å². The molecule has 2 aliphatic carbocycles. The number of carbonyl (C=O) groups is 3. The van der Waals surface area contributed by atoms with Gasteiger partial charge < -0.3 is 4.74 Å². The summed E-state index contributed by atoms with van der Waals surface area (Å²) in [6.45, 7) is 5.01. The molecule has 5 heteroatoms. The van der Waals surface area contributed by atoms with Crippen molar-refractivity contribution >= 4 is 17.8 Å². The van der Waals surface area contributed by atoms with E-state index in [0.717, 1.165) is 6.42 Å². The van der Waals surface area contributed by atoms with Crippen LogP contribution in [0.25, 0.3) is 0 Å². The number of allylic oxidation sites excluding steroid dienone is 3. The number of imide groups is 1. The van der Waals surface area contributed by atoms with Crippen LogP contribution in [0.3, 0.4) is 0 Å². The molecule has 2 bridgehead atoms. The number of hydrogen-bond acceptors (Lipinski definition) is 4. The quantitative estimate of drug-likeness (QED) is 0.442. The lowest BCUT2D eigenvalue weighted by atomic mass is 9.85. The van der Waals surface area contributed by atoms with E-state index in [4.69, 9.17) is 4.74 Å². The molecule has 0 aromatic heterocycles. The van der Waals surface area contributed by atoms with Gasteiger partial charge in [0.25, 0.3) is 0 Å². The monoisotopic (exact) mass is 317 g/mol. The predicted octanol–water partition coefficient (Wildman–Crippen LogP) is 2.08. The first-order valence-electron chi connectivity index (χ1n) is 8.29. The normalized spacial score (nSPS) is 34.3. The van der Waals surface area contributed by atoms with Crippen LogP contribution in [0.5, 0.6) is 0 Å². The summed E-state index contributed by atoms with van der Waals surface area (Å²) in [6, 6.07) is -0.348. The first kappa shape index (κ1) is 16.0. The van der Waals surface area contributed by atoms with Crippen LogP contribution in [0.1, 0.15) is 33.6 Å². The van der Waals surface area contributed by atoms with E-state index < -0.39 is 0 Å². The van der Waals surface area contributed by atoms with Crippen LogP contribution in [0, 0.1) is 23.7 Å². The van der Waals surface area contributed by atoms with E-state index in [1.165, 1.54) is 11.8 Å². The minimum absolute atomic E-state index is 0.0602. The molecule has 2 amide bonds. The average Bonchev–Trinajstić information content (AvgIpc) is 3.12. The molecular weight excluding hydrogens is 294 g/mol. The molecule has 1 saturated heterocycles. The molecule has 5 nitrogen and oxygen atoms in total. The molecule has 1 saturated carbocycles. The second-order valence-corrected chi connectivity index (χ2v) is 6.80. The number of likely N-dealkylation sites (tertiary alicyclic amines) is 1. The van der Waals surface area contributed by atoms with E-state index in [2.05, 4.69) is 12.2 Å². The van der Waals surface area contributed by atoms with E-state index in [1.807, 2.05) is 19.1 Å². The van der Waals surface area contributed by atoms with Crippen molar-refractivity contribution in [1.82, 2.24) is 4.90 Å². The highest BCUT2D eigenvalue weighted by Gasteiger charge is 2.60. The molecule has 0 N–H and O–H groups in total. The molecule has 23 heavy (non-hydrogen) atoms. The molecular formula is C18H23NO4. The van der Waals surface area contributed by atoms with Crippen LogP contribution >= 0.6 is 0 Å². The Balaban J connectivity index is 1.79. The molecule has 2 fully saturated rings. The third-order valence-corrected chi connectivity index (χ3v) is 5.19. The van der Waals surface area contributed by atoms with Crippen molar-refractivity contribution in [2.45, 2.75) is 45.8 Å². The van der Waals surface area contributed by atoms with Crippen molar-refractivity contribution in [1.29, 1.82) is 0 Å². The van der Waals surface area contributed by atoms with Crippen LogP contribution in [-0.4, -0.2) is 34.8 Å². The Kier molecular flexibility index (Phi) is 4.13. The van der Waals surface area contributed by atoms with Crippen LogP contribution in [0.15, 0.2) is 24.3 Å². The van der Waals surface area contributed by atoms with Gasteiger partial charge in [-0.1, -0.05) is 24.3 Å². The Labute approximate surface area is 136 Å². The summed E-state index contributed by atoms with van der Waals surface area (Å²) in [5.41, 5.74) is 0. The number of nitrogens with zero attached hydrogens (tertiary/aromatic N) is 1. The standard InChI is InChI=1S/C18H23NO4/c1-4-5-14(8-10(2)23-11(3)20)19-17(21)15-12-6-7-13(9-12)16(15)18(19)22/h4-7,10,12-16H,8-9H2,1-3H3/b5-4-/t10?,12?,13?,14-,15?,16?/m1/s1. The summed E-state index contributed by atoms with van der Waals surface area (Å²) in [5.74, 6) is -0.421. The molecule has 1 heterocycles. The van der Waals surface area contributed by atoms with E-state index in [9.17, 15) is 14.4 Å². The molecule has 124 valence electrons. The minimum atomic E-state index is -0.352. The van der Waals surface area contributed by atoms with E-state index in [1.54, 1.807) is 6.92 Å². The van der Waals surface area contributed by atoms with E-state index in [-0.39, 0.29) is 53.6 Å². The summed E-state index contributed by atoms with van der Waals surface area (Å²) < 4.78 is 5.17. The second-order valence-electron chi connectivity index (χ2n) is 6.80. The van der Waals surface area contributed by atoms with Crippen molar-refractivity contribution < 1.29 is 19.1 Å². The maximum atomic E-state index is 12.8. The van der Waals surface area contributed by atoms with Crippen LogP contribution in [0.4, 0.5) is 0 Å². The fourth-order valence-electron chi connectivity index (χ4n) is 4.42. The second kappa shape index (κ2) is 5.95. The number of hydrogen-bond donors (Lipinski definition) is 0. The molecule has 0 aromatic rings. The molecule has 5 unspecified atom stereocenters. The lowest BCUT2D eigenvalue weighted by molar-refractivity contribution is -0.147. The Morgan fingerprint density at radius 1 is 1.30 bits per heavy atom. The van der Waals surface area contributed by atoms with Crippen molar-refractivity contribution in [2.75, 3.05) is 0 Å². The van der Waals surface area contributed by atoms with Crippen LogP contribution < -0.4 is 0 Å². The fraction of sp³-hybridized carbons (Fsp3) is 0.611. The van der Waals surface area contributed by atoms with Crippen LogP contribution in [-0.2, 0) is 19.1 Å². The van der Waals surface area contributed by atoms with Gasteiger partial charge in [-0.3, -0.25) is 19.3 Å². The summed E-state index contributed by atoms with van der Waals surface area (Å²) >= 11 is 0. The number of ether oxygens (including phenoxy) is 1. The molecule has 3 rings (SSSR count). The lowest BCUT2D eigenvalue weighted by Crippen LogP contribution is -2.42. The Morgan fingerprint density at radius 3 is 2.35 bits per heavy atom. The van der Waals surface area contributed by atoms with Gasteiger partial charge in [-0.15, -0.1) is 0 Å².